The molecule has 0 saturated heterocycles. The largest absolute Gasteiger partial charge is 0.433 e. The zero-order chi connectivity index (χ0) is 15.5. The summed E-state index contributed by atoms with van der Waals surface area (Å²) in [5.74, 6) is 4.61. The Bertz CT molecular complexity index is 642. The summed E-state index contributed by atoms with van der Waals surface area (Å²) in [6.45, 7) is 0. The first-order valence-corrected chi connectivity index (χ1v) is 5.67. The molecule has 0 saturated carbocycles. The van der Waals surface area contributed by atoms with Crippen LogP contribution < -0.4 is 16.6 Å². The van der Waals surface area contributed by atoms with Crippen LogP contribution in [0.2, 0.25) is 0 Å². The molecule has 0 aliphatic heterocycles. The van der Waals surface area contributed by atoms with Gasteiger partial charge in [-0.25, -0.2) is 4.98 Å². The van der Waals surface area contributed by atoms with Gasteiger partial charge < -0.3 is 10.7 Å². The van der Waals surface area contributed by atoms with Gasteiger partial charge in [-0.15, -0.1) is 0 Å². The number of hydrazine groups is 1. The SMILES string of the molecule is NNc1ccnc(C(=O)Nc2ccc(C(F)(F)F)nc2)c1. The highest BCUT2D eigenvalue weighted by Gasteiger charge is 2.32. The molecule has 0 bridgehead atoms. The average molecular weight is 297 g/mol. The Morgan fingerprint density at radius 3 is 2.48 bits per heavy atom. The second-order valence-corrected chi connectivity index (χ2v) is 3.96. The Balaban J connectivity index is 2.12. The van der Waals surface area contributed by atoms with Crippen LogP contribution in [0.4, 0.5) is 24.5 Å². The molecule has 0 aliphatic rings. The molecule has 2 aromatic heterocycles. The maximum atomic E-state index is 12.4. The monoisotopic (exact) mass is 297 g/mol. The maximum absolute atomic E-state index is 12.4. The standard InChI is InChI=1S/C12H10F3N5O/c13-12(14,15)10-2-1-8(6-18-10)19-11(21)9-5-7(20-16)3-4-17-9/h1-6H,16H2,(H,17,20)(H,19,21). The highest BCUT2D eigenvalue weighted by atomic mass is 19.4. The molecule has 0 aromatic carbocycles. The molecule has 9 heteroatoms. The van der Waals surface area contributed by atoms with Gasteiger partial charge in [-0.1, -0.05) is 0 Å². The molecule has 4 N–H and O–H groups in total. The summed E-state index contributed by atoms with van der Waals surface area (Å²) in [5, 5.41) is 2.39. The van der Waals surface area contributed by atoms with E-state index in [1.165, 1.54) is 12.3 Å². The molecule has 0 aliphatic carbocycles. The number of nitrogens with zero attached hydrogens (tertiary/aromatic N) is 2. The second-order valence-electron chi connectivity index (χ2n) is 3.96. The number of nitrogens with two attached hydrogens (primary N) is 1. The number of anilines is 2. The van der Waals surface area contributed by atoms with Crippen molar-refractivity contribution >= 4 is 17.3 Å². The van der Waals surface area contributed by atoms with Crippen molar-refractivity contribution in [1.82, 2.24) is 9.97 Å². The van der Waals surface area contributed by atoms with Crippen LogP contribution in [0.15, 0.2) is 36.7 Å². The Hall–Kier alpha value is -2.68. The van der Waals surface area contributed by atoms with Crippen LogP contribution in [0.1, 0.15) is 16.2 Å². The number of nitrogens with one attached hydrogen (secondary N) is 2. The summed E-state index contributed by atoms with van der Waals surface area (Å²) >= 11 is 0. The Kier molecular flexibility index (Phi) is 4.03. The summed E-state index contributed by atoms with van der Waals surface area (Å²) in [6.07, 6.45) is -2.23. The van der Waals surface area contributed by atoms with Crippen molar-refractivity contribution in [1.29, 1.82) is 0 Å². The van der Waals surface area contributed by atoms with E-state index in [4.69, 9.17) is 5.84 Å². The van der Waals surface area contributed by atoms with Crippen molar-refractivity contribution in [2.24, 2.45) is 5.84 Å². The Morgan fingerprint density at radius 2 is 1.90 bits per heavy atom. The first kappa shape index (κ1) is 14.7. The molecule has 6 nitrogen and oxygen atoms in total. The topological polar surface area (TPSA) is 92.9 Å². The lowest BCUT2D eigenvalue weighted by molar-refractivity contribution is -0.141. The first-order valence-electron chi connectivity index (χ1n) is 5.67. The Labute approximate surface area is 117 Å². The highest BCUT2D eigenvalue weighted by molar-refractivity contribution is 6.03. The molecule has 2 rings (SSSR count). The minimum Gasteiger partial charge on any atom is -0.324 e. The molecule has 110 valence electrons. The number of rotatable bonds is 3. The molecule has 0 fully saturated rings. The summed E-state index contributed by atoms with van der Waals surface area (Å²) in [5.41, 5.74) is 1.98. The number of hydrogen-bond donors (Lipinski definition) is 3. The van der Waals surface area contributed by atoms with Crippen LogP contribution in [0.5, 0.6) is 0 Å². The van der Waals surface area contributed by atoms with Crippen molar-refractivity contribution < 1.29 is 18.0 Å². The third-order valence-corrected chi connectivity index (χ3v) is 2.47. The maximum Gasteiger partial charge on any atom is 0.433 e. The number of alkyl halides is 3. The number of nitrogen functional groups attached to an aromatic ring is 1. The normalized spacial score (nSPS) is 11.0. The predicted octanol–water partition coefficient (Wildman–Crippen LogP) is 2.03. The van der Waals surface area contributed by atoms with Gasteiger partial charge in [-0.2, -0.15) is 13.2 Å². The van der Waals surface area contributed by atoms with Gasteiger partial charge in [0.15, 0.2) is 0 Å². The third-order valence-electron chi connectivity index (χ3n) is 2.47. The van der Waals surface area contributed by atoms with Gasteiger partial charge >= 0.3 is 6.18 Å². The smallest absolute Gasteiger partial charge is 0.324 e. The van der Waals surface area contributed by atoms with Crippen LogP contribution >= 0.6 is 0 Å². The van der Waals surface area contributed by atoms with Crippen LogP contribution in [0.25, 0.3) is 0 Å². The second kappa shape index (κ2) is 5.75. The van der Waals surface area contributed by atoms with Crippen LogP contribution in [0, 0.1) is 0 Å². The molecule has 0 unspecified atom stereocenters. The van der Waals surface area contributed by atoms with Crippen LogP contribution in [-0.2, 0) is 6.18 Å². The number of pyridine rings is 2. The lowest BCUT2D eigenvalue weighted by Crippen LogP contribution is -2.15. The zero-order valence-electron chi connectivity index (χ0n) is 10.5. The fourth-order valence-electron chi connectivity index (χ4n) is 1.48. The molecule has 2 aromatic rings. The van der Waals surface area contributed by atoms with Crippen molar-refractivity contribution in [3.05, 3.63) is 48.0 Å². The van der Waals surface area contributed by atoms with Crippen molar-refractivity contribution in [3.63, 3.8) is 0 Å². The molecular formula is C12H10F3N5O. The van der Waals surface area contributed by atoms with E-state index in [-0.39, 0.29) is 11.4 Å². The van der Waals surface area contributed by atoms with Gasteiger partial charge in [0.2, 0.25) is 0 Å². The molecule has 0 atom stereocenters. The van der Waals surface area contributed by atoms with E-state index < -0.39 is 17.8 Å². The number of aromatic nitrogens is 2. The van der Waals surface area contributed by atoms with Crippen molar-refractivity contribution in [2.75, 3.05) is 10.7 Å². The van der Waals surface area contributed by atoms with Crippen molar-refractivity contribution in [2.45, 2.75) is 6.18 Å². The minimum absolute atomic E-state index is 0.0605. The molecule has 0 spiro atoms. The summed E-state index contributed by atoms with van der Waals surface area (Å²) in [7, 11) is 0. The molecule has 2 heterocycles. The van der Waals surface area contributed by atoms with Gasteiger partial charge in [0, 0.05) is 6.20 Å². The summed E-state index contributed by atoms with van der Waals surface area (Å²) in [6, 6.07) is 4.84. The quantitative estimate of drug-likeness (QED) is 0.595. The van der Waals surface area contributed by atoms with E-state index in [9.17, 15) is 18.0 Å². The summed E-state index contributed by atoms with van der Waals surface area (Å²) < 4.78 is 37.1. The number of halogens is 3. The van der Waals surface area contributed by atoms with Crippen molar-refractivity contribution in [3.8, 4) is 0 Å². The fourth-order valence-corrected chi connectivity index (χ4v) is 1.48. The zero-order valence-corrected chi connectivity index (χ0v) is 10.5. The molecule has 0 radical (unpaired) electrons. The number of hydrogen-bond acceptors (Lipinski definition) is 5. The molecule has 1 amide bonds. The van der Waals surface area contributed by atoms with Gasteiger partial charge in [0.05, 0.1) is 17.6 Å². The highest BCUT2D eigenvalue weighted by Crippen LogP contribution is 2.27. The predicted molar refractivity (Wildman–Crippen MR) is 69.2 cm³/mol. The Morgan fingerprint density at radius 1 is 1.14 bits per heavy atom. The van der Waals surface area contributed by atoms with E-state index in [0.717, 1.165) is 18.3 Å². The molecule has 21 heavy (non-hydrogen) atoms. The lowest BCUT2D eigenvalue weighted by Gasteiger charge is -2.08. The number of carbonyl (C=O) groups is 1. The third kappa shape index (κ3) is 3.66. The van der Waals surface area contributed by atoms with E-state index in [1.807, 2.05) is 0 Å². The van der Waals surface area contributed by atoms with Gasteiger partial charge in [0.25, 0.3) is 5.91 Å². The van der Waals surface area contributed by atoms with Gasteiger partial charge in [0.1, 0.15) is 11.4 Å². The van der Waals surface area contributed by atoms with Crippen LogP contribution in [0.3, 0.4) is 0 Å². The molecular weight excluding hydrogens is 287 g/mol. The lowest BCUT2D eigenvalue weighted by atomic mass is 10.3. The summed E-state index contributed by atoms with van der Waals surface area (Å²) in [4.78, 5) is 18.9. The van der Waals surface area contributed by atoms with Crippen LogP contribution in [-0.4, -0.2) is 15.9 Å². The number of amides is 1. The van der Waals surface area contributed by atoms with E-state index in [2.05, 4.69) is 20.7 Å². The fraction of sp³-hybridized carbons (Fsp3) is 0.0833. The van der Waals surface area contributed by atoms with E-state index in [1.54, 1.807) is 6.07 Å². The van der Waals surface area contributed by atoms with E-state index >= 15 is 0 Å². The van der Waals surface area contributed by atoms with Gasteiger partial charge in [-0.3, -0.25) is 15.6 Å². The average Bonchev–Trinajstić information content (AvgIpc) is 2.47. The minimum atomic E-state index is -4.52. The number of carbonyl (C=O) groups excluding carboxylic acids is 1. The van der Waals surface area contributed by atoms with Gasteiger partial charge in [-0.05, 0) is 24.3 Å². The first-order chi connectivity index (χ1) is 9.90. The van der Waals surface area contributed by atoms with E-state index in [0.29, 0.717) is 5.69 Å².